The first-order chi connectivity index (χ1) is 15.4. The number of amides is 1. The largest absolute Gasteiger partial charge is 0.388 e. The van der Waals surface area contributed by atoms with E-state index in [1.165, 1.54) is 6.07 Å². The Bertz CT molecular complexity index is 1120. The van der Waals surface area contributed by atoms with Crippen LogP contribution in [0.4, 0.5) is 0 Å². The molecule has 2 heterocycles. The molecule has 1 aliphatic heterocycles. The number of carbonyl (C=O) groups excluding carboxylic acids is 1. The van der Waals surface area contributed by atoms with Gasteiger partial charge in [-0.25, -0.2) is 4.98 Å². The number of rotatable bonds is 6. The smallest absolute Gasteiger partial charge is 0.254 e. The van der Waals surface area contributed by atoms with E-state index in [1.54, 1.807) is 11.5 Å². The third kappa shape index (κ3) is 5.14. The topological polar surface area (TPSA) is 75.4 Å². The van der Waals surface area contributed by atoms with Crippen LogP contribution in [0, 0.1) is 6.92 Å². The molecule has 6 heteroatoms. The van der Waals surface area contributed by atoms with E-state index < -0.39 is 5.60 Å². The summed E-state index contributed by atoms with van der Waals surface area (Å²) in [5, 5.41) is 11.1. The molecule has 0 saturated carbocycles. The number of aryl methyl sites for hydroxylation is 2. The van der Waals surface area contributed by atoms with Gasteiger partial charge in [0.1, 0.15) is 5.82 Å². The van der Waals surface area contributed by atoms with Gasteiger partial charge in [0, 0.05) is 31.1 Å². The minimum Gasteiger partial charge on any atom is -0.388 e. The second-order valence-electron chi connectivity index (χ2n) is 8.57. The average molecular weight is 432 g/mol. The zero-order chi connectivity index (χ0) is 22.6. The maximum Gasteiger partial charge on any atom is 0.254 e. The molecule has 1 aromatic heterocycles. The van der Waals surface area contributed by atoms with Crippen molar-refractivity contribution in [2.75, 3.05) is 13.1 Å². The molecule has 0 bridgehead atoms. The summed E-state index contributed by atoms with van der Waals surface area (Å²) in [6.45, 7) is 2.96. The van der Waals surface area contributed by atoms with Crippen molar-refractivity contribution in [1.29, 1.82) is 0 Å². The van der Waals surface area contributed by atoms with Crippen LogP contribution in [0.3, 0.4) is 0 Å². The lowest BCUT2D eigenvalue weighted by Gasteiger charge is -2.38. The third-order valence-electron chi connectivity index (χ3n) is 6.24. The zero-order valence-corrected chi connectivity index (χ0v) is 18.4. The molecule has 0 aliphatic carbocycles. The van der Waals surface area contributed by atoms with Gasteiger partial charge >= 0.3 is 0 Å². The fourth-order valence-corrected chi connectivity index (χ4v) is 4.25. The fraction of sp³-hybridized carbons (Fsp3) is 0.346. The Morgan fingerprint density at radius 3 is 2.28 bits per heavy atom. The number of carbonyl (C=O) groups is 1. The fourth-order valence-electron chi connectivity index (χ4n) is 4.25. The maximum absolute atomic E-state index is 12.8. The van der Waals surface area contributed by atoms with Crippen LogP contribution in [0.25, 0.3) is 11.3 Å². The number of hydrogen-bond donors (Lipinski definition) is 1. The van der Waals surface area contributed by atoms with Gasteiger partial charge in [0.15, 0.2) is 0 Å². The van der Waals surface area contributed by atoms with Gasteiger partial charge < -0.3 is 10.0 Å². The molecule has 0 radical (unpaired) electrons. The zero-order valence-electron chi connectivity index (χ0n) is 18.4. The molecule has 4 rings (SSSR count). The van der Waals surface area contributed by atoms with Gasteiger partial charge in [-0.2, -0.15) is 0 Å². The van der Waals surface area contributed by atoms with Crippen molar-refractivity contribution in [3.05, 3.63) is 88.5 Å². The van der Waals surface area contributed by atoms with Crippen LogP contribution in [-0.4, -0.2) is 44.2 Å². The molecule has 1 saturated heterocycles. The van der Waals surface area contributed by atoms with E-state index in [2.05, 4.69) is 4.98 Å². The van der Waals surface area contributed by atoms with E-state index in [-0.39, 0.29) is 18.0 Å². The summed E-state index contributed by atoms with van der Waals surface area (Å²) in [5.41, 5.74) is 1.47. The van der Waals surface area contributed by atoms with E-state index >= 15 is 0 Å². The standard InChI is InChI=1S/C26H29N3O3/c1-20-27-23(22-10-6-3-7-11-22)18-25(31)29(20)19-26(32)14-16-28(17-15-26)24(30)13-12-21-8-4-2-5-9-21/h2-11,18,32H,12-17,19H2,1H3. The van der Waals surface area contributed by atoms with Gasteiger partial charge in [-0.1, -0.05) is 60.7 Å². The van der Waals surface area contributed by atoms with Crippen LogP contribution >= 0.6 is 0 Å². The minimum atomic E-state index is -1.03. The number of aliphatic hydroxyl groups is 1. The second-order valence-corrected chi connectivity index (χ2v) is 8.57. The molecule has 6 nitrogen and oxygen atoms in total. The van der Waals surface area contributed by atoms with E-state index in [0.29, 0.717) is 50.3 Å². The van der Waals surface area contributed by atoms with E-state index in [9.17, 15) is 14.7 Å². The van der Waals surface area contributed by atoms with E-state index in [4.69, 9.17) is 0 Å². The molecular weight excluding hydrogens is 402 g/mol. The molecule has 1 amide bonds. The lowest BCUT2D eigenvalue weighted by Crippen LogP contribution is -2.50. The summed E-state index contributed by atoms with van der Waals surface area (Å²) >= 11 is 0. The van der Waals surface area contributed by atoms with Gasteiger partial charge in [-0.05, 0) is 31.7 Å². The van der Waals surface area contributed by atoms with E-state index in [0.717, 1.165) is 11.1 Å². The van der Waals surface area contributed by atoms with Gasteiger partial charge in [-0.15, -0.1) is 0 Å². The predicted octanol–water partition coefficient (Wildman–Crippen LogP) is 3.21. The van der Waals surface area contributed by atoms with Crippen molar-refractivity contribution in [1.82, 2.24) is 14.5 Å². The summed E-state index contributed by atoms with van der Waals surface area (Å²) in [5.74, 6) is 0.685. The molecule has 1 aliphatic rings. The van der Waals surface area contributed by atoms with Crippen LogP contribution in [0.1, 0.15) is 30.7 Å². The molecule has 0 atom stereocenters. The van der Waals surface area contributed by atoms with Gasteiger partial charge in [0.05, 0.1) is 17.8 Å². The van der Waals surface area contributed by atoms with Gasteiger partial charge in [-0.3, -0.25) is 14.2 Å². The Balaban J connectivity index is 1.37. The highest BCUT2D eigenvalue weighted by molar-refractivity contribution is 5.76. The Hall–Kier alpha value is -3.25. The minimum absolute atomic E-state index is 0.109. The third-order valence-corrected chi connectivity index (χ3v) is 6.24. The monoisotopic (exact) mass is 431 g/mol. The Morgan fingerprint density at radius 1 is 1.03 bits per heavy atom. The van der Waals surface area contributed by atoms with Crippen LogP contribution < -0.4 is 5.56 Å². The van der Waals surface area contributed by atoms with Gasteiger partial charge in [0.25, 0.3) is 5.56 Å². The molecule has 1 fully saturated rings. The highest BCUT2D eigenvalue weighted by atomic mass is 16.3. The highest BCUT2D eigenvalue weighted by Crippen LogP contribution is 2.25. The summed E-state index contributed by atoms with van der Waals surface area (Å²) < 4.78 is 1.54. The maximum atomic E-state index is 12.8. The summed E-state index contributed by atoms with van der Waals surface area (Å²) in [6.07, 6.45) is 2.06. The highest BCUT2D eigenvalue weighted by Gasteiger charge is 2.34. The molecule has 1 N–H and O–H groups in total. The Morgan fingerprint density at radius 2 is 1.66 bits per heavy atom. The molecule has 3 aromatic rings. The second kappa shape index (κ2) is 9.49. The van der Waals surface area contributed by atoms with Crippen LogP contribution in [0.15, 0.2) is 71.5 Å². The first-order valence-electron chi connectivity index (χ1n) is 11.1. The lowest BCUT2D eigenvalue weighted by molar-refractivity contribution is -0.135. The molecular formula is C26H29N3O3. The van der Waals surface area contributed by atoms with Crippen LogP contribution in [0.2, 0.25) is 0 Å². The summed E-state index contributed by atoms with van der Waals surface area (Å²) in [6, 6.07) is 21.1. The number of aromatic nitrogens is 2. The SMILES string of the molecule is Cc1nc(-c2ccccc2)cc(=O)n1CC1(O)CCN(C(=O)CCc2ccccc2)CC1. The van der Waals surface area contributed by atoms with Crippen LogP contribution in [-0.2, 0) is 17.8 Å². The number of benzene rings is 2. The number of hydrogen-bond acceptors (Lipinski definition) is 4. The molecule has 166 valence electrons. The quantitative estimate of drug-likeness (QED) is 0.650. The molecule has 0 unspecified atom stereocenters. The van der Waals surface area contributed by atoms with Crippen molar-refractivity contribution < 1.29 is 9.90 Å². The first kappa shape index (κ1) is 22.0. The number of nitrogens with zero attached hydrogens (tertiary/aromatic N) is 3. The molecule has 32 heavy (non-hydrogen) atoms. The van der Waals surface area contributed by atoms with Crippen molar-refractivity contribution in [3.8, 4) is 11.3 Å². The predicted molar refractivity (Wildman–Crippen MR) is 124 cm³/mol. The average Bonchev–Trinajstić information content (AvgIpc) is 2.81. The van der Waals surface area contributed by atoms with Gasteiger partial charge in [0.2, 0.25) is 5.91 Å². The Labute approximate surface area is 188 Å². The normalized spacial score (nSPS) is 15.5. The first-order valence-corrected chi connectivity index (χ1v) is 11.1. The Kier molecular flexibility index (Phi) is 6.51. The molecule has 0 spiro atoms. The van der Waals surface area contributed by atoms with Crippen molar-refractivity contribution in [2.45, 2.75) is 44.8 Å². The van der Waals surface area contributed by atoms with Crippen molar-refractivity contribution in [3.63, 3.8) is 0 Å². The number of likely N-dealkylation sites (tertiary alicyclic amines) is 1. The molecule has 2 aromatic carbocycles. The van der Waals surface area contributed by atoms with E-state index in [1.807, 2.05) is 65.6 Å². The summed E-state index contributed by atoms with van der Waals surface area (Å²) in [4.78, 5) is 31.8. The van der Waals surface area contributed by atoms with Crippen molar-refractivity contribution >= 4 is 5.91 Å². The summed E-state index contributed by atoms with van der Waals surface area (Å²) in [7, 11) is 0. The van der Waals surface area contributed by atoms with Crippen LogP contribution in [0.5, 0.6) is 0 Å². The van der Waals surface area contributed by atoms with Crippen molar-refractivity contribution in [2.24, 2.45) is 0 Å². The number of piperidine rings is 1. The lowest BCUT2D eigenvalue weighted by atomic mass is 9.90.